The van der Waals surface area contributed by atoms with Gasteiger partial charge >= 0.3 is 14.5 Å². The number of hydrogen-bond acceptors (Lipinski definition) is 5. The number of carbonyl (C=O) groups excluding carboxylic acids is 1. The fourth-order valence-electron chi connectivity index (χ4n) is 1.84. The predicted octanol–water partition coefficient (Wildman–Crippen LogP) is 3.24. The topological polar surface area (TPSA) is 56.8 Å². The Morgan fingerprint density at radius 2 is 1.95 bits per heavy atom. The van der Waals surface area contributed by atoms with E-state index in [1.807, 2.05) is 42.5 Å². The highest BCUT2D eigenvalue weighted by Gasteiger charge is 2.14. The van der Waals surface area contributed by atoms with Crippen LogP contribution in [0.25, 0.3) is 10.8 Å². The van der Waals surface area contributed by atoms with Gasteiger partial charge < -0.3 is 13.8 Å². The van der Waals surface area contributed by atoms with E-state index in [0.29, 0.717) is 6.61 Å². The molecule has 112 valence electrons. The molecule has 1 N–H and O–H groups in total. The smallest absolute Gasteiger partial charge is 0.320 e. The molecular formula is C15H18NO4P. The zero-order chi connectivity index (χ0) is 15.1. The number of nitrogens with one attached hydrogen (secondary N) is 1. The van der Waals surface area contributed by atoms with Crippen LogP contribution in [0.4, 0.5) is 0 Å². The fraction of sp³-hybridized carbons (Fsp3) is 0.267. The van der Waals surface area contributed by atoms with Gasteiger partial charge in [0.1, 0.15) is 12.3 Å². The first-order valence-electron chi connectivity index (χ1n) is 6.63. The average molecular weight is 307 g/mol. The molecule has 0 aliphatic carbocycles. The van der Waals surface area contributed by atoms with E-state index in [9.17, 15) is 4.79 Å². The molecule has 0 aromatic heterocycles. The molecule has 2 rings (SSSR count). The number of rotatable bonds is 7. The molecule has 2 aromatic rings. The van der Waals surface area contributed by atoms with Gasteiger partial charge in [0, 0.05) is 12.5 Å². The van der Waals surface area contributed by atoms with Gasteiger partial charge in [-0.25, -0.2) is 5.09 Å². The molecule has 0 heterocycles. The lowest BCUT2D eigenvalue weighted by molar-refractivity contribution is -0.141. The third kappa shape index (κ3) is 4.39. The molecule has 0 radical (unpaired) electrons. The van der Waals surface area contributed by atoms with E-state index in [-0.39, 0.29) is 12.5 Å². The standard InChI is InChI=1S/C15H18NO4P/c1-3-19-15(17)11-16-21(18-2)20-14-10-6-8-12-7-4-5-9-13(12)14/h4-10,16H,3,11H2,1-2H3. The van der Waals surface area contributed by atoms with Crippen LogP contribution in [0.2, 0.25) is 0 Å². The van der Waals surface area contributed by atoms with Crippen molar-refractivity contribution in [3.63, 3.8) is 0 Å². The van der Waals surface area contributed by atoms with Crippen LogP contribution in [0, 0.1) is 0 Å². The van der Waals surface area contributed by atoms with Crippen LogP contribution in [0.5, 0.6) is 5.75 Å². The van der Waals surface area contributed by atoms with Crippen molar-refractivity contribution in [1.82, 2.24) is 5.09 Å². The van der Waals surface area contributed by atoms with Crippen LogP contribution in [0.15, 0.2) is 42.5 Å². The molecule has 5 nitrogen and oxygen atoms in total. The first-order valence-corrected chi connectivity index (χ1v) is 7.81. The Labute approximate surface area is 125 Å². The summed E-state index contributed by atoms with van der Waals surface area (Å²) in [5.74, 6) is 0.390. The number of hydrogen-bond donors (Lipinski definition) is 1. The van der Waals surface area contributed by atoms with Gasteiger partial charge in [0.2, 0.25) is 0 Å². The van der Waals surface area contributed by atoms with Gasteiger partial charge in [-0.3, -0.25) is 4.79 Å². The summed E-state index contributed by atoms with van der Waals surface area (Å²) in [6, 6.07) is 13.8. The maximum atomic E-state index is 11.3. The molecular weight excluding hydrogens is 289 g/mol. The zero-order valence-corrected chi connectivity index (χ0v) is 12.9. The average Bonchev–Trinajstić information content (AvgIpc) is 2.52. The molecule has 0 saturated heterocycles. The SMILES string of the molecule is CCOC(=O)CNP(OC)Oc1cccc2ccccc12. The zero-order valence-electron chi connectivity index (χ0n) is 12.0. The molecule has 6 heteroatoms. The van der Waals surface area contributed by atoms with Crippen molar-refractivity contribution in [2.75, 3.05) is 20.3 Å². The molecule has 0 amide bonds. The van der Waals surface area contributed by atoms with Crippen LogP contribution < -0.4 is 9.61 Å². The monoisotopic (exact) mass is 307 g/mol. The number of carbonyl (C=O) groups is 1. The summed E-state index contributed by atoms with van der Waals surface area (Å²) >= 11 is 0. The number of esters is 1. The normalized spacial score (nSPS) is 12.1. The molecule has 1 atom stereocenters. The Bertz CT molecular complexity index is 600. The molecule has 0 fully saturated rings. The highest BCUT2D eigenvalue weighted by atomic mass is 31.2. The lowest BCUT2D eigenvalue weighted by atomic mass is 10.1. The summed E-state index contributed by atoms with van der Waals surface area (Å²) in [5, 5.41) is 5.00. The molecule has 2 aromatic carbocycles. The lowest BCUT2D eigenvalue weighted by Gasteiger charge is -2.17. The van der Waals surface area contributed by atoms with E-state index in [2.05, 4.69) is 5.09 Å². The second-order valence-electron chi connectivity index (χ2n) is 4.15. The van der Waals surface area contributed by atoms with Crippen molar-refractivity contribution >= 4 is 25.3 Å². The maximum absolute atomic E-state index is 11.3. The first kappa shape index (κ1) is 15.7. The van der Waals surface area contributed by atoms with Gasteiger partial charge in [-0.1, -0.05) is 36.4 Å². The van der Waals surface area contributed by atoms with Crippen molar-refractivity contribution in [2.45, 2.75) is 6.92 Å². The van der Waals surface area contributed by atoms with E-state index < -0.39 is 8.53 Å². The summed E-state index contributed by atoms with van der Waals surface area (Å²) in [5.41, 5.74) is 0. The Morgan fingerprint density at radius 1 is 1.19 bits per heavy atom. The number of fused-ring (bicyclic) bond motifs is 1. The van der Waals surface area contributed by atoms with Crippen molar-refractivity contribution in [2.24, 2.45) is 0 Å². The van der Waals surface area contributed by atoms with Crippen LogP contribution in [-0.2, 0) is 14.1 Å². The summed E-state index contributed by atoms with van der Waals surface area (Å²) in [7, 11) is 0.135. The Balaban J connectivity index is 2.05. The molecule has 0 aliphatic heterocycles. The highest BCUT2D eigenvalue weighted by Crippen LogP contribution is 2.37. The van der Waals surface area contributed by atoms with Gasteiger partial charge in [0.15, 0.2) is 0 Å². The quantitative estimate of drug-likeness (QED) is 0.628. The summed E-state index contributed by atoms with van der Waals surface area (Å²) in [4.78, 5) is 11.3. The summed E-state index contributed by atoms with van der Waals surface area (Å²) in [6.45, 7) is 2.18. The molecule has 0 saturated carbocycles. The van der Waals surface area contributed by atoms with Crippen molar-refractivity contribution in [3.05, 3.63) is 42.5 Å². The maximum Gasteiger partial charge on any atom is 0.320 e. The van der Waals surface area contributed by atoms with Gasteiger partial charge in [-0.2, -0.15) is 0 Å². The second-order valence-corrected chi connectivity index (χ2v) is 5.53. The van der Waals surface area contributed by atoms with Crippen LogP contribution in [-0.4, -0.2) is 26.2 Å². The van der Waals surface area contributed by atoms with E-state index in [4.69, 9.17) is 13.8 Å². The third-order valence-electron chi connectivity index (χ3n) is 2.75. The molecule has 21 heavy (non-hydrogen) atoms. The molecule has 0 spiro atoms. The number of ether oxygens (including phenoxy) is 1. The summed E-state index contributed by atoms with van der Waals surface area (Å²) in [6.07, 6.45) is 0. The minimum atomic E-state index is -1.40. The van der Waals surface area contributed by atoms with E-state index in [1.165, 1.54) is 7.11 Å². The van der Waals surface area contributed by atoms with Crippen molar-refractivity contribution < 1.29 is 18.6 Å². The van der Waals surface area contributed by atoms with Gasteiger partial charge in [0.25, 0.3) is 0 Å². The van der Waals surface area contributed by atoms with Crippen molar-refractivity contribution in [1.29, 1.82) is 0 Å². The van der Waals surface area contributed by atoms with E-state index in [1.54, 1.807) is 6.92 Å². The largest absolute Gasteiger partial charge is 0.465 e. The second kappa shape index (κ2) is 7.93. The first-order chi connectivity index (χ1) is 10.2. The van der Waals surface area contributed by atoms with E-state index in [0.717, 1.165) is 16.5 Å². The highest BCUT2D eigenvalue weighted by molar-refractivity contribution is 7.45. The van der Waals surface area contributed by atoms with Gasteiger partial charge in [-0.05, 0) is 18.4 Å². The predicted molar refractivity (Wildman–Crippen MR) is 83.1 cm³/mol. The molecule has 0 aliphatic rings. The van der Waals surface area contributed by atoms with Crippen LogP contribution >= 0.6 is 8.53 Å². The lowest BCUT2D eigenvalue weighted by Crippen LogP contribution is -2.22. The van der Waals surface area contributed by atoms with Gasteiger partial charge in [-0.15, -0.1) is 0 Å². The van der Waals surface area contributed by atoms with Crippen molar-refractivity contribution in [3.8, 4) is 5.75 Å². The summed E-state index contributed by atoms with van der Waals surface area (Å²) < 4.78 is 15.9. The van der Waals surface area contributed by atoms with E-state index >= 15 is 0 Å². The van der Waals surface area contributed by atoms with Crippen LogP contribution in [0.1, 0.15) is 6.92 Å². The minimum Gasteiger partial charge on any atom is -0.465 e. The molecule has 0 bridgehead atoms. The number of benzene rings is 2. The Hall–Kier alpha value is -1.68. The third-order valence-corrected chi connectivity index (χ3v) is 3.87. The van der Waals surface area contributed by atoms with Gasteiger partial charge in [0.05, 0.1) is 6.61 Å². The Kier molecular flexibility index (Phi) is 5.93. The fourth-order valence-corrected chi connectivity index (χ4v) is 2.70. The van der Waals surface area contributed by atoms with Crippen LogP contribution in [0.3, 0.4) is 0 Å². The molecule has 1 unspecified atom stereocenters. The minimum absolute atomic E-state index is 0.0537. The Morgan fingerprint density at radius 3 is 2.71 bits per heavy atom.